The van der Waals surface area contributed by atoms with Crippen LogP contribution in [0.1, 0.15) is 10.5 Å². The van der Waals surface area contributed by atoms with Crippen molar-refractivity contribution in [2.75, 3.05) is 0 Å². The maximum Gasteiger partial charge on any atom is 0.356 e. The molecule has 0 aliphatic rings. The van der Waals surface area contributed by atoms with Gasteiger partial charge in [-0.3, -0.25) is 4.40 Å². The minimum atomic E-state index is -1.05. The Kier molecular flexibility index (Phi) is 2.79. The first-order valence-corrected chi connectivity index (χ1v) is 6.26. The molecule has 2 aromatic heterocycles. The molecule has 0 bridgehead atoms. The average molecular weight is 318 g/mol. The van der Waals surface area contributed by atoms with E-state index in [-0.39, 0.29) is 5.69 Å². The molecule has 19 heavy (non-hydrogen) atoms. The summed E-state index contributed by atoms with van der Waals surface area (Å²) < 4.78 is 2.55. The van der Waals surface area contributed by atoms with Gasteiger partial charge in [0.05, 0.1) is 0 Å². The molecule has 94 valence electrons. The van der Waals surface area contributed by atoms with Crippen LogP contribution < -0.4 is 0 Å². The molecule has 0 unspecified atom stereocenters. The molecule has 1 aromatic carbocycles. The standard InChI is InChI=1S/C13H8BrN3O2/c14-9-3-1-2-8(4-9)10-5-15-7-17-6-11(13(18)19)16-12(10)17/h1-7H,(H,18,19). The van der Waals surface area contributed by atoms with Crippen LogP contribution in [0.3, 0.4) is 0 Å². The maximum absolute atomic E-state index is 11.0. The van der Waals surface area contributed by atoms with Crippen molar-refractivity contribution < 1.29 is 9.90 Å². The Morgan fingerprint density at radius 1 is 1.37 bits per heavy atom. The Labute approximate surface area is 116 Å². The molecule has 5 nitrogen and oxygen atoms in total. The van der Waals surface area contributed by atoms with Gasteiger partial charge in [0.25, 0.3) is 0 Å². The maximum atomic E-state index is 11.0. The molecular formula is C13H8BrN3O2. The fourth-order valence-corrected chi connectivity index (χ4v) is 2.28. The number of fused-ring (bicyclic) bond motifs is 1. The van der Waals surface area contributed by atoms with E-state index in [1.54, 1.807) is 10.6 Å². The molecule has 1 N–H and O–H groups in total. The number of nitrogens with zero attached hydrogens (tertiary/aromatic N) is 3. The first-order chi connectivity index (χ1) is 9.15. The zero-order chi connectivity index (χ0) is 13.4. The minimum absolute atomic E-state index is 0.00393. The van der Waals surface area contributed by atoms with Gasteiger partial charge in [-0.2, -0.15) is 0 Å². The zero-order valence-electron chi connectivity index (χ0n) is 9.62. The summed E-state index contributed by atoms with van der Waals surface area (Å²) in [5.41, 5.74) is 2.29. The van der Waals surface area contributed by atoms with E-state index in [1.165, 1.54) is 12.5 Å². The van der Waals surface area contributed by atoms with Gasteiger partial charge in [-0.15, -0.1) is 0 Å². The zero-order valence-corrected chi connectivity index (χ0v) is 11.2. The van der Waals surface area contributed by atoms with Gasteiger partial charge in [0.2, 0.25) is 0 Å². The smallest absolute Gasteiger partial charge is 0.356 e. The van der Waals surface area contributed by atoms with E-state index in [4.69, 9.17) is 5.11 Å². The summed E-state index contributed by atoms with van der Waals surface area (Å²) in [5.74, 6) is -1.05. The highest BCUT2D eigenvalue weighted by atomic mass is 79.9. The van der Waals surface area contributed by atoms with Crippen LogP contribution in [0.4, 0.5) is 0 Å². The van der Waals surface area contributed by atoms with Gasteiger partial charge < -0.3 is 5.11 Å². The number of imidazole rings is 1. The van der Waals surface area contributed by atoms with Crippen LogP contribution in [0.25, 0.3) is 16.8 Å². The van der Waals surface area contributed by atoms with Crippen LogP contribution in [-0.4, -0.2) is 25.4 Å². The highest BCUT2D eigenvalue weighted by molar-refractivity contribution is 9.10. The fraction of sp³-hybridized carbons (Fsp3) is 0. The van der Waals surface area contributed by atoms with Crippen LogP contribution in [0.2, 0.25) is 0 Å². The number of benzene rings is 1. The van der Waals surface area contributed by atoms with Gasteiger partial charge in [0, 0.05) is 22.4 Å². The summed E-state index contributed by atoms with van der Waals surface area (Å²) in [6, 6.07) is 7.69. The fourth-order valence-electron chi connectivity index (χ4n) is 1.88. The first kappa shape index (κ1) is 11.9. The van der Waals surface area contributed by atoms with E-state index in [0.717, 1.165) is 15.6 Å². The Hall–Kier alpha value is -2.21. The number of hydrogen-bond acceptors (Lipinski definition) is 3. The van der Waals surface area contributed by atoms with Crippen LogP contribution in [0.15, 0.2) is 47.5 Å². The topological polar surface area (TPSA) is 67.5 Å². The van der Waals surface area contributed by atoms with Crippen molar-refractivity contribution in [1.29, 1.82) is 0 Å². The molecule has 0 aliphatic carbocycles. The predicted molar refractivity (Wildman–Crippen MR) is 73.1 cm³/mol. The van der Waals surface area contributed by atoms with E-state index in [0.29, 0.717) is 5.65 Å². The van der Waals surface area contributed by atoms with Gasteiger partial charge in [-0.05, 0) is 17.7 Å². The lowest BCUT2D eigenvalue weighted by atomic mass is 10.1. The SMILES string of the molecule is O=C(O)c1cn2cncc(-c3cccc(Br)c3)c2n1. The first-order valence-electron chi connectivity index (χ1n) is 5.47. The molecule has 0 amide bonds. The van der Waals surface area contributed by atoms with Gasteiger partial charge in [-0.1, -0.05) is 28.1 Å². The average Bonchev–Trinajstić information content (AvgIpc) is 2.82. The van der Waals surface area contributed by atoms with E-state index in [9.17, 15) is 4.79 Å². The summed E-state index contributed by atoms with van der Waals surface area (Å²) >= 11 is 3.41. The molecule has 6 heteroatoms. The molecule has 0 aliphatic heterocycles. The highest BCUT2D eigenvalue weighted by Gasteiger charge is 2.12. The number of carboxylic acids is 1. The lowest BCUT2D eigenvalue weighted by Crippen LogP contribution is -1.95. The lowest BCUT2D eigenvalue weighted by molar-refractivity contribution is 0.0691. The van der Waals surface area contributed by atoms with Crippen molar-refractivity contribution >= 4 is 27.5 Å². The molecule has 0 saturated carbocycles. The van der Waals surface area contributed by atoms with Crippen LogP contribution in [0.5, 0.6) is 0 Å². The van der Waals surface area contributed by atoms with Crippen molar-refractivity contribution in [2.45, 2.75) is 0 Å². The molecular weight excluding hydrogens is 310 g/mol. The van der Waals surface area contributed by atoms with Crippen LogP contribution in [0, 0.1) is 0 Å². The number of carboxylic acid groups (broad SMARTS) is 1. The molecule has 0 saturated heterocycles. The second-order valence-electron chi connectivity index (χ2n) is 3.98. The Morgan fingerprint density at radius 2 is 2.21 bits per heavy atom. The van der Waals surface area contributed by atoms with Crippen LogP contribution >= 0.6 is 15.9 Å². The molecule has 2 heterocycles. The van der Waals surface area contributed by atoms with Gasteiger partial charge in [0.1, 0.15) is 12.0 Å². The summed E-state index contributed by atoms with van der Waals surface area (Å²) in [5, 5.41) is 8.99. The molecule has 0 atom stereocenters. The molecule has 0 spiro atoms. The van der Waals surface area contributed by atoms with Crippen molar-refractivity contribution in [1.82, 2.24) is 14.4 Å². The number of halogens is 1. The van der Waals surface area contributed by atoms with Crippen molar-refractivity contribution in [2.24, 2.45) is 0 Å². The van der Waals surface area contributed by atoms with Crippen molar-refractivity contribution in [3.8, 4) is 11.1 Å². The Bertz CT molecular complexity index is 782. The van der Waals surface area contributed by atoms with Crippen molar-refractivity contribution in [3.63, 3.8) is 0 Å². The minimum Gasteiger partial charge on any atom is -0.476 e. The van der Waals surface area contributed by atoms with Gasteiger partial charge in [-0.25, -0.2) is 14.8 Å². The normalized spacial score (nSPS) is 10.8. The quantitative estimate of drug-likeness (QED) is 0.789. The van der Waals surface area contributed by atoms with Gasteiger partial charge >= 0.3 is 5.97 Å². The van der Waals surface area contributed by atoms with Crippen molar-refractivity contribution in [3.05, 3.63) is 53.2 Å². The van der Waals surface area contributed by atoms with Crippen LogP contribution in [-0.2, 0) is 0 Å². The van der Waals surface area contributed by atoms with E-state index < -0.39 is 5.97 Å². The number of rotatable bonds is 2. The lowest BCUT2D eigenvalue weighted by Gasteiger charge is -2.03. The second-order valence-corrected chi connectivity index (χ2v) is 4.90. The third kappa shape index (κ3) is 2.10. The second kappa shape index (κ2) is 4.47. The predicted octanol–water partition coefficient (Wildman–Crippen LogP) is 2.86. The largest absolute Gasteiger partial charge is 0.476 e. The van der Waals surface area contributed by atoms with E-state index in [2.05, 4.69) is 25.9 Å². The monoisotopic (exact) mass is 317 g/mol. The van der Waals surface area contributed by atoms with Gasteiger partial charge in [0.15, 0.2) is 5.69 Å². The summed E-state index contributed by atoms with van der Waals surface area (Å²) in [6.07, 6.45) is 4.66. The highest BCUT2D eigenvalue weighted by Crippen LogP contribution is 2.25. The van der Waals surface area contributed by atoms with E-state index >= 15 is 0 Å². The molecule has 0 fully saturated rings. The number of aromatic nitrogens is 3. The third-order valence-electron chi connectivity index (χ3n) is 2.72. The summed E-state index contributed by atoms with van der Waals surface area (Å²) in [7, 11) is 0. The Morgan fingerprint density at radius 3 is 2.95 bits per heavy atom. The molecule has 0 radical (unpaired) electrons. The molecule has 3 aromatic rings. The number of aromatic carboxylic acids is 1. The van der Waals surface area contributed by atoms with E-state index in [1.807, 2.05) is 24.3 Å². The Balaban J connectivity index is 2.26. The number of hydrogen-bond donors (Lipinski definition) is 1. The summed E-state index contributed by atoms with van der Waals surface area (Å²) in [4.78, 5) is 19.2. The third-order valence-corrected chi connectivity index (χ3v) is 3.22. The molecule has 3 rings (SSSR count). The number of carbonyl (C=O) groups is 1. The summed E-state index contributed by atoms with van der Waals surface area (Å²) in [6.45, 7) is 0.